The van der Waals surface area contributed by atoms with Gasteiger partial charge in [0.15, 0.2) is 0 Å². The zero-order chi connectivity index (χ0) is 41.9. The lowest BCUT2D eigenvalue weighted by atomic mass is 9.97. The number of para-hydroxylation sites is 4. The summed E-state index contributed by atoms with van der Waals surface area (Å²) in [6, 6.07) is 82.7. The van der Waals surface area contributed by atoms with Crippen LogP contribution in [0.15, 0.2) is 224 Å². The molecule has 4 aromatic heterocycles. The van der Waals surface area contributed by atoms with Gasteiger partial charge in [0, 0.05) is 69.4 Å². The van der Waals surface area contributed by atoms with Gasteiger partial charge in [0.1, 0.15) is 0 Å². The van der Waals surface area contributed by atoms with Crippen molar-refractivity contribution in [2.24, 2.45) is 0 Å². The average Bonchev–Trinajstić information content (AvgIpc) is 4.10. The van der Waals surface area contributed by atoms with Gasteiger partial charge in [-0.25, -0.2) is 0 Å². The van der Waals surface area contributed by atoms with E-state index in [1.54, 1.807) is 0 Å². The number of rotatable bonds is 5. The van der Waals surface area contributed by atoms with E-state index in [4.69, 9.17) is 0 Å². The standard InChI is InChI=1S/C60H37N3S/c1-2-14-38(15-3-1)39-26-28-40(29-27-39)43-32-35-58-59(48-20-8-13-25-57(48)64-58)60(43)63-54-24-12-7-19-47(54)50-37-42(31-34-56(50)63)62-53-23-11-6-18-46(53)49-36-41(30-33-55(49)62)61-51-21-9-4-16-44(51)45-17-5-10-22-52(45)61/h1-37H. The molecule has 0 unspecified atom stereocenters. The molecule has 3 nitrogen and oxygen atoms in total. The van der Waals surface area contributed by atoms with E-state index >= 15 is 0 Å². The van der Waals surface area contributed by atoms with E-state index in [1.165, 1.54) is 114 Å². The monoisotopic (exact) mass is 831 g/mol. The summed E-state index contributed by atoms with van der Waals surface area (Å²) in [4.78, 5) is 0. The Hall–Kier alpha value is -8.18. The quantitative estimate of drug-likeness (QED) is 0.164. The van der Waals surface area contributed by atoms with E-state index in [0.717, 1.165) is 11.4 Å². The van der Waals surface area contributed by atoms with Crippen LogP contribution in [0.25, 0.3) is 125 Å². The van der Waals surface area contributed by atoms with Crippen molar-refractivity contribution < 1.29 is 0 Å². The third-order valence-electron chi connectivity index (χ3n) is 13.5. The summed E-state index contributed by atoms with van der Waals surface area (Å²) in [6.07, 6.45) is 0. The van der Waals surface area contributed by atoms with Crippen LogP contribution in [0, 0.1) is 0 Å². The van der Waals surface area contributed by atoms with E-state index < -0.39 is 0 Å². The number of benzene rings is 10. The Morgan fingerprint density at radius 3 is 1.27 bits per heavy atom. The van der Waals surface area contributed by atoms with Crippen LogP contribution in [0.2, 0.25) is 0 Å². The van der Waals surface area contributed by atoms with Gasteiger partial charge in [-0.05, 0) is 89.5 Å². The minimum absolute atomic E-state index is 1.14. The summed E-state index contributed by atoms with van der Waals surface area (Å²) < 4.78 is 10.00. The Balaban J connectivity index is 1.00. The number of nitrogens with zero attached hydrogens (tertiary/aromatic N) is 3. The molecule has 0 bridgehead atoms. The molecule has 0 radical (unpaired) electrons. The van der Waals surface area contributed by atoms with Crippen LogP contribution in [-0.2, 0) is 0 Å². The second-order valence-corrected chi connectivity index (χ2v) is 17.9. The molecule has 0 saturated heterocycles. The van der Waals surface area contributed by atoms with Crippen LogP contribution < -0.4 is 0 Å². The van der Waals surface area contributed by atoms with E-state index in [2.05, 4.69) is 238 Å². The molecule has 0 atom stereocenters. The van der Waals surface area contributed by atoms with E-state index in [1.807, 2.05) is 11.3 Å². The van der Waals surface area contributed by atoms with Crippen LogP contribution in [0.3, 0.4) is 0 Å². The average molecular weight is 832 g/mol. The summed E-state index contributed by atoms with van der Waals surface area (Å²) in [7, 11) is 0. The molecule has 0 saturated carbocycles. The molecular formula is C60H37N3S. The molecule has 14 rings (SSSR count). The van der Waals surface area contributed by atoms with E-state index in [9.17, 15) is 0 Å². The normalized spacial score (nSPS) is 12.1. The first-order valence-electron chi connectivity index (χ1n) is 21.9. The van der Waals surface area contributed by atoms with E-state index in [0.29, 0.717) is 0 Å². The van der Waals surface area contributed by atoms with Crippen LogP contribution in [-0.4, -0.2) is 13.7 Å². The Kier molecular flexibility index (Phi) is 7.56. The van der Waals surface area contributed by atoms with Gasteiger partial charge in [-0.15, -0.1) is 11.3 Å². The fraction of sp³-hybridized carbons (Fsp3) is 0. The number of aromatic nitrogens is 3. The Morgan fingerprint density at radius 2 is 0.688 bits per heavy atom. The van der Waals surface area contributed by atoms with Crippen molar-refractivity contribution in [2.75, 3.05) is 0 Å². The molecule has 4 heterocycles. The maximum absolute atomic E-state index is 2.54. The fourth-order valence-corrected chi connectivity index (χ4v) is 11.8. The van der Waals surface area contributed by atoms with Gasteiger partial charge < -0.3 is 13.7 Å². The van der Waals surface area contributed by atoms with Crippen molar-refractivity contribution in [2.45, 2.75) is 0 Å². The predicted molar refractivity (Wildman–Crippen MR) is 273 cm³/mol. The molecule has 0 aliphatic carbocycles. The highest BCUT2D eigenvalue weighted by Crippen LogP contribution is 2.46. The lowest BCUT2D eigenvalue weighted by Gasteiger charge is -2.17. The summed E-state index contributed by atoms with van der Waals surface area (Å²) in [6.45, 7) is 0. The number of thiophene rings is 1. The van der Waals surface area contributed by atoms with Gasteiger partial charge in [0.2, 0.25) is 0 Å². The highest BCUT2D eigenvalue weighted by Gasteiger charge is 2.23. The molecule has 4 heteroatoms. The summed E-state index contributed by atoms with van der Waals surface area (Å²) in [5.41, 5.74) is 15.5. The molecule has 64 heavy (non-hydrogen) atoms. The van der Waals surface area contributed by atoms with Crippen molar-refractivity contribution in [1.29, 1.82) is 0 Å². The lowest BCUT2D eigenvalue weighted by Crippen LogP contribution is -1.99. The van der Waals surface area contributed by atoms with Gasteiger partial charge in [-0.2, -0.15) is 0 Å². The molecule has 0 fully saturated rings. The molecule has 10 aromatic carbocycles. The first-order valence-corrected chi connectivity index (χ1v) is 22.7. The van der Waals surface area contributed by atoms with Crippen LogP contribution in [0.4, 0.5) is 0 Å². The van der Waals surface area contributed by atoms with Gasteiger partial charge >= 0.3 is 0 Å². The molecular weight excluding hydrogens is 795 g/mol. The van der Waals surface area contributed by atoms with Crippen molar-refractivity contribution in [3.05, 3.63) is 224 Å². The summed E-state index contributed by atoms with van der Waals surface area (Å²) >= 11 is 1.87. The minimum atomic E-state index is 1.14. The highest BCUT2D eigenvalue weighted by molar-refractivity contribution is 7.25. The topological polar surface area (TPSA) is 14.8 Å². The second-order valence-electron chi connectivity index (χ2n) is 16.9. The summed E-state index contributed by atoms with van der Waals surface area (Å²) in [5.74, 6) is 0. The number of hydrogen-bond donors (Lipinski definition) is 0. The first-order chi connectivity index (χ1) is 31.8. The summed E-state index contributed by atoms with van der Waals surface area (Å²) in [5, 5.41) is 10.0. The van der Waals surface area contributed by atoms with E-state index in [-0.39, 0.29) is 0 Å². The molecule has 0 spiro atoms. The van der Waals surface area contributed by atoms with Gasteiger partial charge in [0.25, 0.3) is 0 Å². The molecule has 0 aliphatic rings. The zero-order valence-corrected chi connectivity index (χ0v) is 35.4. The predicted octanol–water partition coefficient (Wildman–Crippen LogP) is 16.7. The third-order valence-corrected chi connectivity index (χ3v) is 14.6. The molecule has 14 aromatic rings. The lowest BCUT2D eigenvalue weighted by molar-refractivity contribution is 1.16. The van der Waals surface area contributed by atoms with Crippen molar-refractivity contribution in [3.63, 3.8) is 0 Å². The maximum Gasteiger partial charge on any atom is 0.0633 e. The van der Waals surface area contributed by atoms with Crippen molar-refractivity contribution >= 4 is 96.9 Å². The molecule has 298 valence electrons. The number of fused-ring (bicyclic) bond motifs is 12. The minimum Gasteiger partial charge on any atom is -0.309 e. The molecule has 0 aliphatic heterocycles. The van der Waals surface area contributed by atoms with Crippen LogP contribution in [0.5, 0.6) is 0 Å². The van der Waals surface area contributed by atoms with Crippen molar-refractivity contribution in [1.82, 2.24) is 13.7 Å². The second kappa shape index (κ2) is 13.7. The number of hydrogen-bond acceptors (Lipinski definition) is 1. The van der Waals surface area contributed by atoms with Gasteiger partial charge in [-0.3, -0.25) is 0 Å². The van der Waals surface area contributed by atoms with Gasteiger partial charge in [-0.1, -0.05) is 152 Å². The Labute approximate surface area is 372 Å². The zero-order valence-electron chi connectivity index (χ0n) is 34.6. The Morgan fingerprint density at radius 1 is 0.266 bits per heavy atom. The largest absolute Gasteiger partial charge is 0.309 e. The van der Waals surface area contributed by atoms with Crippen LogP contribution >= 0.6 is 11.3 Å². The van der Waals surface area contributed by atoms with Crippen molar-refractivity contribution in [3.8, 4) is 39.3 Å². The SMILES string of the molecule is c1ccc(-c2ccc(-c3ccc4sc5ccccc5c4c3-n3c4ccccc4c4cc(-n5c6ccccc6c6cc(-n7c8ccccc8c8ccccc87)ccc65)ccc43)cc2)cc1. The van der Waals surface area contributed by atoms with Crippen LogP contribution in [0.1, 0.15) is 0 Å². The fourth-order valence-electron chi connectivity index (χ4n) is 10.7. The maximum atomic E-state index is 2.54. The highest BCUT2D eigenvalue weighted by atomic mass is 32.1. The smallest absolute Gasteiger partial charge is 0.0633 e. The first kappa shape index (κ1) is 35.4. The third kappa shape index (κ3) is 5.09. The Bertz CT molecular complexity index is 4130. The molecule has 0 N–H and O–H groups in total. The molecule has 0 amide bonds. The van der Waals surface area contributed by atoms with Gasteiger partial charge in [0.05, 0.1) is 38.8 Å².